The number of nitrogens with one attached hydrogen (secondary N) is 2. The van der Waals surface area contributed by atoms with E-state index in [1.54, 1.807) is 6.33 Å². The molecule has 0 aliphatic heterocycles. The third kappa shape index (κ3) is 7.29. The minimum absolute atomic E-state index is 0. The summed E-state index contributed by atoms with van der Waals surface area (Å²) in [5, 5.41) is 15.5. The van der Waals surface area contributed by atoms with E-state index in [0.717, 1.165) is 42.9 Å². The summed E-state index contributed by atoms with van der Waals surface area (Å²) in [6, 6.07) is 7.99. The summed E-state index contributed by atoms with van der Waals surface area (Å²) in [6.45, 7) is 11.6. The molecule has 2 N–H and O–H groups in total. The number of halogens is 2. The van der Waals surface area contributed by atoms with Crippen molar-refractivity contribution in [1.29, 1.82) is 0 Å². The Labute approximate surface area is 184 Å². The second-order valence-corrected chi connectivity index (χ2v) is 7.24. The average Bonchev–Trinajstić information content (AvgIpc) is 3.07. The Morgan fingerprint density at radius 3 is 2.52 bits per heavy atom. The minimum Gasteiger partial charge on any atom is -0.357 e. The molecule has 0 aliphatic rings. The van der Waals surface area contributed by atoms with Gasteiger partial charge in [-0.1, -0.05) is 44.5 Å². The lowest BCUT2D eigenvalue weighted by Crippen LogP contribution is -2.40. The lowest BCUT2D eigenvalue weighted by atomic mass is 9.85. The van der Waals surface area contributed by atoms with Crippen LogP contribution in [0.3, 0.4) is 0 Å². The first kappa shape index (κ1) is 23.7. The van der Waals surface area contributed by atoms with Crippen molar-refractivity contribution in [2.45, 2.75) is 46.1 Å². The van der Waals surface area contributed by atoms with Crippen molar-refractivity contribution in [3.05, 3.63) is 47.0 Å². The fourth-order valence-corrected chi connectivity index (χ4v) is 2.77. The van der Waals surface area contributed by atoms with Crippen LogP contribution in [-0.2, 0) is 18.4 Å². The molecule has 1 aromatic carbocycles. The first-order chi connectivity index (χ1) is 12.5. The molecule has 0 fully saturated rings. The first-order valence-corrected chi connectivity index (χ1v) is 9.49. The first-order valence-electron chi connectivity index (χ1n) is 9.11. The van der Waals surface area contributed by atoms with Crippen molar-refractivity contribution in [3.63, 3.8) is 0 Å². The van der Waals surface area contributed by atoms with Gasteiger partial charge in [-0.2, -0.15) is 0 Å². The van der Waals surface area contributed by atoms with E-state index < -0.39 is 0 Å². The Hall–Kier alpha value is -1.35. The van der Waals surface area contributed by atoms with Crippen LogP contribution in [0.25, 0.3) is 0 Å². The molecule has 1 aromatic heterocycles. The Kier molecular flexibility index (Phi) is 10.1. The van der Waals surface area contributed by atoms with E-state index in [-0.39, 0.29) is 29.4 Å². The molecule has 0 aliphatic carbocycles. The van der Waals surface area contributed by atoms with Gasteiger partial charge in [0.2, 0.25) is 0 Å². The van der Waals surface area contributed by atoms with Gasteiger partial charge < -0.3 is 15.2 Å². The highest BCUT2D eigenvalue weighted by Gasteiger charge is 2.20. The maximum Gasteiger partial charge on any atom is 0.191 e. The van der Waals surface area contributed by atoms with Gasteiger partial charge in [-0.25, -0.2) is 0 Å². The summed E-state index contributed by atoms with van der Waals surface area (Å²) in [7, 11) is 0. The van der Waals surface area contributed by atoms with Gasteiger partial charge >= 0.3 is 0 Å². The molecule has 0 saturated carbocycles. The molecular formula is C19H30ClIN6. The largest absolute Gasteiger partial charge is 0.357 e. The number of aryl methyl sites for hydroxylation is 1. The van der Waals surface area contributed by atoms with Crippen LogP contribution < -0.4 is 10.6 Å². The number of rotatable bonds is 8. The zero-order valence-corrected chi connectivity index (χ0v) is 19.6. The summed E-state index contributed by atoms with van der Waals surface area (Å²) >= 11 is 5.99. The highest BCUT2D eigenvalue weighted by atomic mass is 127. The van der Waals surface area contributed by atoms with Gasteiger partial charge in [-0.05, 0) is 24.6 Å². The van der Waals surface area contributed by atoms with Gasteiger partial charge in [0.15, 0.2) is 5.96 Å². The number of hydrogen-bond acceptors (Lipinski definition) is 3. The normalized spacial score (nSPS) is 11.8. The standard InChI is InChI=1S/C19H29ClN6.HI/c1-5-17-25-24-14-26(17)12-11-22-18(21-6-2)23-13-19(3,4)15-7-9-16(20)10-8-15;/h7-10,14H,5-6,11-13H2,1-4H3,(H2,21,22,23);1H. The van der Waals surface area contributed by atoms with Gasteiger partial charge in [0.05, 0.1) is 6.54 Å². The SMILES string of the molecule is CCNC(=NCC(C)(C)c1ccc(Cl)cc1)NCCn1cnnc1CC.I. The predicted molar refractivity (Wildman–Crippen MR) is 123 cm³/mol. The fraction of sp³-hybridized carbons (Fsp3) is 0.526. The predicted octanol–water partition coefficient (Wildman–Crippen LogP) is 3.64. The van der Waals surface area contributed by atoms with Crippen LogP contribution in [0.1, 0.15) is 39.1 Å². The number of nitrogens with zero attached hydrogens (tertiary/aromatic N) is 4. The van der Waals surface area contributed by atoms with Crippen LogP contribution in [0.5, 0.6) is 0 Å². The second kappa shape index (κ2) is 11.5. The van der Waals surface area contributed by atoms with Crippen molar-refractivity contribution < 1.29 is 0 Å². The molecule has 6 nitrogen and oxygen atoms in total. The molecule has 0 saturated heterocycles. The van der Waals surface area contributed by atoms with E-state index in [0.29, 0.717) is 6.54 Å². The Bertz CT molecular complexity index is 711. The third-order valence-electron chi connectivity index (χ3n) is 4.26. The summed E-state index contributed by atoms with van der Waals surface area (Å²) in [5.74, 6) is 1.82. The monoisotopic (exact) mass is 504 g/mol. The van der Waals surface area contributed by atoms with E-state index >= 15 is 0 Å². The molecular weight excluding hydrogens is 475 g/mol. The maximum absolute atomic E-state index is 5.99. The molecule has 0 bridgehead atoms. The number of aliphatic imine (C=N–C) groups is 1. The van der Waals surface area contributed by atoms with Crippen LogP contribution in [-0.4, -0.2) is 40.4 Å². The molecule has 27 heavy (non-hydrogen) atoms. The molecule has 0 atom stereocenters. The van der Waals surface area contributed by atoms with Crippen LogP contribution in [0.2, 0.25) is 5.02 Å². The molecule has 150 valence electrons. The van der Waals surface area contributed by atoms with E-state index in [1.807, 2.05) is 12.1 Å². The number of benzene rings is 1. The van der Waals surface area contributed by atoms with E-state index in [2.05, 4.69) is 65.2 Å². The summed E-state index contributed by atoms with van der Waals surface area (Å²) < 4.78 is 2.06. The zero-order valence-electron chi connectivity index (χ0n) is 16.5. The van der Waals surface area contributed by atoms with E-state index in [1.165, 1.54) is 5.56 Å². The summed E-state index contributed by atoms with van der Waals surface area (Å²) in [6.07, 6.45) is 2.65. The maximum atomic E-state index is 5.99. The lowest BCUT2D eigenvalue weighted by molar-refractivity contribution is 0.536. The molecule has 2 rings (SSSR count). The quantitative estimate of drug-likeness (QED) is 0.327. The lowest BCUT2D eigenvalue weighted by Gasteiger charge is -2.24. The van der Waals surface area contributed by atoms with Crippen molar-refractivity contribution in [1.82, 2.24) is 25.4 Å². The van der Waals surface area contributed by atoms with Gasteiger partial charge in [0, 0.05) is 36.5 Å². The summed E-state index contributed by atoms with van der Waals surface area (Å²) in [4.78, 5) is 4.77. The highest BCUT2D eigenvalue weighted by Crippen LogP contribution is 2.24. The van der Waals surface area contributed by atoms with Crippen LogP contribution in [0.4, 0.5) is 0 Å². The smallest absolute Gasteiger partial charge is 0.191 e. The zero-order chi connectivity index (χ0) is 19.0. The van der Waals surface area contributed by atoms with E-state index in [4.69, 9.17) is 16.6 Å². The second-order valence-electron chi connectivity index (χ2n) is 6.81. The molecule has 0 unspecified atom stereocenters. The molecule has 0 radical (unpaired) electrons. The molecule has 2 aromatic rings. The van der Waals surface area contributed by atoms with Gasteiger partial charge in [0.25, 0.3) is 0 Å². The molecule has 1 heterocycles. The van der Waals surface area contributed by atoms with Gasteiger partial charge in [0.1, 0.15) is 12.2 Å². The molecule has 8 heteroatoms. The van der Waals surface area contributed by atoms with Crippen molar-refractivity contribution >= 4 is 41.5 Å². The van der Waals surface area contributed by atoms with Crippen LogP contribution in [0.15, 0.2) is 35.6 Å². The number of hydrogen-bond donors (Lipinski definition) is 2. The van der Waals surface area contributed by atoms with Gasteiger partial charge in [-0.3, -0.25) is 4.99 Å². The minimum atomic E-state index is -0.0728. The Morgan fingerprint density at radius 1 is 1.19 bits per heavy atom. The van der Waals surface area contributed by atoms with Crippen molar-refractivity contribution in [2.75, 3.05) is 19.6 Å². The number of aromatic nitrogens is 3. The Morgan fingerprint density at radius 2 is 1.89 bits per heavy atom. The number of guanidine groups is 1. The van der Waals surface area contributed by atoms with Gasteiger partial charge in [-0.15, -0.1) is 34.2 Å². The van der Waals surface area contributed by atoms with Crippen molar-refractivity contribution in [2.24, 2.45) is 4.99 Å². The van der Waals surface area contributed by atoms with Crippen LogP contribution >= 0.6 is 35.6 Å². The topological polar surface area (TPSA) is 67.1 Å². The average molecular weight is 505 g/mol. The third-order valence-corrected chi connectivity index (χ3v) is 4.51. The van der Waals surface area contributed by atoms with E-state index in [9.17, 15) is 0 Å². The highest BCUT2D eigenvalue weighted by molar-refractivity contribution is 14.0. The summed E-state index contributed by atoms with van der Waals surface area (Å²) in [5.41, 5.74) is 1.15. The Balaban J connectivity index is 0.00000364. The fourth-order valence-electron chi connectivity index (χ4n) is 2.65. The van der Waals surface area contributed by atoms with Crippen LogP contribution in [0, 0.1) is 0 Å². The molecule has 0 amide bonds. The molecule has 0 spiro atoms. The van der Waals surface area contributed by atoms with Crippen molar-refractivity contribution in [3.8, 4) is 0 Å².